The first-order chi connectivity index (χ1) is 9.72. The van der Waals surface area contributed by atoms with Gasteiger partial charge in [0.25, 0.3) is 0 Å². The van der Waals surface area contributed by atoms with Crippen molar-refractivity contribution in [3.63, 3.8) is 0 Å². The molecular weight excluding hydrogens is 327 g/mol. The summed E-state index contributed by atoms with van der Waals surface area (Å²) in [5, 5.41) is 3.92. The van der Waals surface area contributed by atoms with Gasteiger partial charge in [-0.2, -0.15) is 0 Å². The fraction of sp³-hybridized carbons (Fsp3) is 0.357. The van der Waals surface area contributed by atoms with Gasteiger partial charge < -0.3 is 9.26 Å². The average molecular weight is 341 g/mol. The second-order valence-corrected chi connectivity index (χ2v) is 5.61. The van der Waals surface area contributed by atoms with E-state index in [0.717, 1.165) is 30.9 Å². The van der Waals surface area contributed by atoms with Crippen LogP contribution in [-0.4, -0.2) is 29.8 Å². The van der Waals surface area contributed by atoms with E-state index in [1.54, 1.807) is 18.4 Å². The molecule has 0 spiro atoms. The van der Waals surface area contributed by atoms with Crippen LogP contribution in [0.5, 0.6) is 0 Å². The third kappa shape index (κ3) is 3.08. The summed E-state index contributed by atoms with van der Waals surface area (Å²) < 4.78 is 24.4. The Balaban J connectivity index is 1.69. The molecule has 0 bridgehead atoms. The zero-order chi connectivity index (χ0) is 13.9. The largest absolute Gasteiger partial charge is 0.371 e. The van der Waals surface area contributed by atoms with Gasteiger partial charge >= 0.3 is 0 Å². The van der Waals surface area contributed by atoms with Crippen LogP contribution in [0.2, 0.25) is 0 Å². The summed E-state index contributed by atoms with van der Waals surface area (Å²) in [6, 6.07) is 6.86. The van der Waals surface area contributed by atoms with E-state index in [0.29, 0.717) is 11.1 Å². The minimum atomic E-state index is -0.260. The molecular formula is C14H14BrFN2O2. The first-order valence-corrected chi connectivity index (χ1v) is 7.20. The Hall–Kier alpha value is -1.24. The van der Waals surface area contributed by atoms with Crippen LogP contribution in [0.1, 0.15) is 17.4 Å². The second kappa shape index (κ2) is 6.03. The summed E-state index contributed by atoms with van der Waals surface area (Å²) >= 11 is 3.21. The van der Waals surface area contributed by atoms with Gasteiger partial charge in [-0.15, -0.1) is 0 Å². The van der Waals surface area contributed by atoms with Crippen LogP contribution < -0.4 is 0 Å². The van der Waals surface area contributed by atoms with E-state index in [4.69, 9.17) is 9.26 Å². The molecule has 0 radical (unpaired) electrons. The molecule has 1 saturated heterocycles. The molecule has 1 aliphatic rings. The lowest BCUT2D eigenvalue weighted by molar-refractivity contribution is -0.0335. The fourth-order valence-corrected chi connectivity index (χ4v) is 2.71. The van der Waals surface area contributed by atoms with Crippen LogP contribution in [0, 0.1) is 5.82 Å². The minimum Gasteiger partial charge on any atom is -0.371 e. The Morgan fingerprint density at radius 1 is 1.40 bits per heavy atom. The standard InChI is InChI=1S/C14H14BrFN2O2/c15-12-7-10(1-2-13(12)16)14-9-18(4-6-19-14)8-11-3-5-20-17-11/h1-3,5,7,14H,4,6,8-9H2. The van der Waals surface area contributed by atoms with Crippen LogP contribution >= 0.6 is 15.9 Å². The topological polar surface area (TPSA) is 38.5 Å². The molecule has 106 valence electrons. The van der Waals surface area contributed by atoms with Gasteiger partial charge in [0.15, 0.2) is 0 Å². The quantitative estimate of drug-likeness (QED) is 0.860. The Bertz CT molecular complexity index is 577. The molecule has 1 aliphatic heterocycles. The number of hydrogen-bond donors (Lipinski definition) is 0. The summed E-state index contributed by atoms with van der Waals surface area (Å²) in [5.74, 6) is -0.260. The number of benzene rings is 1. The molecule has 1 unspecified atom stereocenters. The zero-order valence-electron chi connectivity index (χ0n) is 10.8. The van der Waals surface area contributed by atoms with Crippen molar-refractivity contribution in [1.29, 1.82) is 0 Å². The van der Waals surface area contributed by atoms with Gasteiger partial charge in [-0.25, -0.2) is 4.39 Å². The maximum Gasteiger partial charge on any atom is 0.137 e. The summed E-state index contributed by atoms with van der Waals surface area (Å²) in [5.41, 5.74) is 1.88. The van der Waals surface area contributed by atoms with Gasteiger partial charge in [0, 0.05) is 25.7 Å². The third-order valence-corrected chi connectivity index (χ3v) is 3.95. The smallest absolute Gasteiger partial charge is 0.137 e. The molecule has 20 heavy (non-hydrogen) atoms. The van der Waals surface area contributed by atoms with Crippen LogP contribution in [0.3, 0.4) is 0 Å². The summed E-state index contributed by atoms with van der Waals surface area (Å²) in [4.78, 5) is 2.25. The normalized spacial score (nSPS) is 20.2. The lowest BCUT2D eigenvalue weighted by Gasteiger charge is -2.32. The first-order valence-electron chi connectivity index (χ1n) is 6.40. The van der Waals surface area contributed by atoms with Crippen molar-refractivity contribution in [2.45, 2.75) is 12.6 Å². The van der Waals surface area contributed by atoms with E-state index in [1.165, 1.54) is 6.07 Å². The van der Waals surface area contributed by atoms with Crippen LogP contribution in [-0.2, 0) is 11.3 Å². The zero-order valence-corrected chi connectivity index (χ0v) is 12.3. The maximum atomic E-state index is 13.3. The van der Waals surface area contributed by atoms with Crippen molar-refractivity contribution in [2.75, 3.05) is 19.7 Å². The molecule has 0 saturated carbocycles. The summed E-state index contributed by atoms with van der Waals surface area (Å²) in [7, 11) is 0. The molecule has 0 amide bonds. The molecule has 0 N–H and O–H groups in total. The van der Waals surface area contributed by atoms with Crippen molar-refractivity contribution in [3.8, 4) is 0 Å². The highest BCUT2D eigenvalue weighted by molar-refractivity contribution is 9.10. The van der Waals surface area contributed by atoms with Crippen molar-refractivity contribution in [2.24, 2.45) is 0 Å². The van der Waals surface area contributed by atoms with Gasteiger partial charge in [0.2, 0.25) is 0 Å². The second-order valence-electron chi connectivity index (χ2n) is 4.76. The number of nitrogens with zero attached hydrogens (tertiary/aromatic N) is 2. The van der Waals surface area contributed by atoms with Gasteiger partial charge in [0.1, 0.15) is 12.1 Å². The molecule has 0 aliphatic carbocycles. The molecule has 2 aromatic rings. The molecule has 1 atom stereocenters. The fourth-order valence-electron chi connectivity index (χ4n) is 2.31. The highest BCUT2D eigenvalue weighted by Crippen LogP contribution is 2.26. The van der Waals surface area contributed by atoms with Crippen molar-refractivity contribution < 1.29 is 13.7 Å². The lowest BCUT2D eigenvalue weighted by Crippen LogP contribution is -2.37. The Kier molecular flexibility index (Phi) is 4.14. The van der Waals surface area contributed by atoms with E-state index in [2.05, 4.69) is 26.0 Å². The number of rotatable bonds is 3. The molecule has 3 rings (SSSR count). The van der Waals surface area contributed by atoms with E-state index in [-0.39, 0.29) is 11.9 Å². The highest BCUT2D eigenvalue weighted by atomic mass is 79.9. The monoisotopic (exact) mass is 340 g/mol. The van der Waals surface area contributed by atoms with Crippen LogP contribution in [0.4, 0.5) is 4.39 Å². The summed E-state index contributed by atoms with van der Waals surface area (Å²) in [6.07, 6.45) is 1.53. The minimum absolute atomic E-state index is 0.0486. The number of ether oxygens (including phenoxy) is 1. The Morgan fingerprint density at radius 3 is 3.05 bits per heavy atom. The van der Waals surface area contributed by atoms with Crippen molar-refractivity contribution >= 4 is 15.9 Å². The maximum absolute atomic E-state index is 13.3. The number of aromatic nitrogens is 1. The van der Waals surface area contributed by atoms with Gasteiger partial charge in [-0.05, 0) is 33.6 Å². The highest BCUT2D eigenvalue weighted by Gasteiger charge is 2.23. The van der Waals surface area contributed by atoms with E-state index >= 15 is 0 Å². The summed E-state index contributed by atoms with van der Waals surface area (Å²) in [6.45, 7) is 2.99. The van der Waals surface area contributed by atoms with Crippen LogP contribution in [0.15, 0.2) is 39.5 Å². The Labute approximate surface area is 124 Å². The first kappa shape index (κ1) is 13.7. The number of morpholine rings is 1. The van der Waals surface area contributed by atoms with Gasteiger partial charge in [-0.3, -0.25) is 4.90 Å². The molecule has 2 heterocycles. The lowest BCUT2D eigenvalue weighted by atomic mass is 10.1. The van der Waals surface area contributed by atoms with Crippen molar-refractivity contribution in [3.05, 3.63) is 52.1 Å². The van der Waals surface area contributed by atoms with Gasteiger partial charge in [0.05, 0.1) is 22.9 Å². The molecule has 1 aromatic heterocycles. The third-order valence-electron chi connectivity index (χ3n) is 3.34. The average Bonchev–Trinajstić information content (AvgIpc) is 2.95. The Morgan fingerprint density at radius 2 is 2.30 bits per heavy atom. The van der Waals surface area contributed by atoms with E-state index < -0.39 is 0 Å². The molecule has 4 nitrogen and oxygen atoms in total. The number of hydrogen-bond acceptors (Lipinski definition) is 4. The molecule has 1 fully saturated rings. The molecule has 1 aromatic carbocycles. The predicted octanol–water partition coefficient (Wildman–Crippen LogP) is 3.15. The molecule has 6 heteroatoms. The van der Waals surface area contributed by atoms with E-state index in [1.807, 2.05) is 6.07 Å². The number of halogens is 2. The van der Waals surface area contributed by atoms with Crippen LogP contribution in [0.25, 0.3) is 0 Å². The predicted molar refractivity (Wildman–Crippen MR) is 74.6 cm³/mol. The van der Waals surface area contributed by atoms with E-state index in [9.17, 15) is 4.39 Å². The van der Waals surface area contributed by atoms with Crippen molar-refractivity contribution in [1.82, 2.24) is 10.1 Å². The SMILES string of the molecule is Fc1ccc(C2CN(Cc3ccon3)CCO2)cc1Br. The van der Waals surface area contributed by atoms with Gasteiger partial charge in [-0.1, -0.05) is 11.2 Å².